The Labute approximate surface area is 71.2 Å². The number of rotatable bonds is 3. The summed E-state index contributed by atoms with van der Waals surface area (Å²) in [6.45, 7) is 0.640. The van der Waals surface area contributed by atoms with Crippen LogP contribution in [0.25, 0.3) is 0 Å². The van der Waals surface area contributed by atoms with E-state index >= 15 is 0 Å². The molecule has 0 aromatic heterocycles. The Morgan fingerprint density at radius 2 is 2.33 bits per heavy atom. The van der Waals surface area contributed by atoms with E-state index in [0.717, 1.165) is 19.3 Å². The number of hydrogen-bond donors (Lipinski definition) is 2. The Morgan fingerprint density at radius 3 is 2.83 bits per heavy atom. The number of ether oxygens (including phenoxy) is 1. The van der Waals surface area contributed by atoms with Crippen molar-refractivity contribution in [3.63, 3.8) is 0 Å². The molecule has 2 unspecified atom stereocenters. The van der Waals surface area contributed by atoms with Crippen LogP contribution in [-0.4, -0.2) is 35.0 Å². The van der Waals surface area contributed by atoms with Crippen LogP contribution >= 0.6 is 0 Å². The molecular weight excluding hydrogens is 160 g/mol. The average molecular weight is 174 g/mol. The van der Waals surface area contributed by atoms with Gasteiger partial charge in [0, 0.05) is 6.61 Å². The second kappa shape index (κ2) is 4.42. The summed E-state index contributed by atoms with van der Waals surface area (Å²) in [6, 6.07) is 0. The van der Waals surface area contributed by atoms with Crippen LogP contribution in [-0.2, 0) is 9.53 Å². The van der Waals surface area contributed by atoms with E-state index in [4.69, 9.17) is 9.84 Å². The van der Waals surface area contributed by atoms with Crippen molar-refractivity contribution in [2.45, 2.75) is 37.9 Å². The molecule has 12 heavy (non-hydrogen) atoms. The number of hydrogen-bond acceptors (Lipinski definition) is 3. The lowest BCUT2D eigenvalue weighted by Gasteiger charge is -2.25. The molecule has 1 fully saturated rings. The van der Waals surface area contributed by atoms with E-state index in [2.05, 4.69) is 0 Å². The monoisotopic (exact) mass is 174 g/mol. The fourth-order valence-electron chi connectivity index (χ4n) is 1.38. The minimum absolute atomic E-state index is 0.218. The van der Waals surface area contributed by atoms with E-state index in [0.29, 0.717) is 6.61 Å². The fraction of sp³-hybridized carbons (Fsp3) is 0.875. The first kappa shape index (κ1) is 9.48. The highest BCUT2D eigenvalue weighted by Crippen LogP contribution is 2.17. The van der Waals surface area contributed by atoms with E-state index < -0.39 is 12.1 Å². The van der Waals surface area contributed by atoms with Crippen molar-refractivity contribution >= 4 is 5.97 Å². The molecule has 1 aliphatic heterocycles. The fourth-order valence-corrected chi connectivity index (χ4v) is 1.38. The van der Waals surface area contributed by atoms with Gasteiger partial charge in [0.2, 0.25) is 0 Å². The summed E-state index contributed by atoms with van der Waals surface area (Å²) in [5.74, 6) is -0.975. The minimum atomic E-state index is -0.975. The molecule has 4 heteroatoms. The van der Waals surface area contributed by atoms with Crippen molar-refractivity contribution in [1.29, 1.82) is 0 Å². The molecule has 2 atom stereocenters. The van der Waals surface area contributed by atoms with Crippen molar-refractivity contribution in [1.82, 2.24) is 0 Å². The van der Waals surface area contributed by atoms with Crippen LogP contribution < -0.4 is 0 Å². The van der Waals surface area contributed by atoms with Gasteiger partial charge in [-0.15, -0.1) is 0 Å². The molecule has 0 bridgehead atoms. The third kappa shape index (κ3) is 2.79. The topological polar surface area (TPSA) is 66.8 Å². The van der Waals surface area contributed by atoms with Crippen LogP contribution in [0.15, 0.2) is 0 Å². The molecule has 0 amide bonds. The maximum Gasteiger partial charge on any atom is 0.306 e. The molecule has 1 aliphatic rings. The van der Waals surface area contributed by atoms with Crippen molar-refractivity contribution in [3.05, 3.63) is 0 Å². The number of aliphatic hydroxyl groups excluding tert-OH is 1. The Balaban J connectivity index is 2.29. The van der Waals surface area contributed by atoms with E-state index in [1.165, 1.54) is 0 Å². The molecule has 1 rings (SSSR count). The first-order valence-corrected chi connectivity index (χ1v) is 4.21. The normalized spacial score (nSPS) is 26.6. The van der Waals surface area contributed by atoms with Crippen LogP contribution in [0.4, 0.5) is 0 Å². The molecule has 0 spiro atoms. The molecule has 0 saturated carbocycles. The Hall–Kier alpha value is -0.610. The Kier molecular flexibility index (Phi) is 3.49. The summed E-state index contributed by atoms with van der Waals surface area (Å²) in [4.78, 5) is 10.2. The number of carboxylic acid groups (broad SMARTS) is 1. The highest BCUT2D eigenvalue weighted by molar-refractivity contribution is 5.67. The van der Waals surface area contributed by atoms with Crippen LogP contribution in [0.2, 0.25) is 0 Å². The number of aliphatic hydroxyl groups is 1. The third-order valence-corrected chi connectivity index (χ3v) is 2.03. The molecule has 70 valence electrons. The highest BCUT2D eigenvalue weighted by Gasteiger charge is 2.24. The standard InChI is InChI=1S/C8H14O4/c9-6(5-8(10)11)7-3-1-2-4-12-7/h6-7,9H,1-5H2,(H,10,11). The van der Waals surface area contributed by atoms with Gasteiger partial charge in [-0.2, -0.15) is 0 Å². The smallest absolute Gasteiger partial charge is 0.306 e. The summed E-state index contributed by atoms with van der Waals surface area (Å²) < 4.78 is 5.23. The van der Waals surface area contributed by atoms with Gasteiger partial charge >= 0.3 is 5.97 Å². The molecule has 0 radical (unpaired) electrons. The molecule has 4 nitrogen and oxygen atoms in total. The van der Waals surface area contributed by atoms with Crippen molar-refractivity contribution in [2.75, 3.05) is 6.61 Å². The summed E-state index contributed by atoms with van der Waals surface area (Å²) in [5.41, 5.74) is 0. The van der Waals surface area contributed by atoms with Gasteiger partial charge in [-0.3, -0.25) is 4.79 Å². The summed E-state index contributed by atoms with van der Waals surface area (Å²) in [6.07, 6.45) is 1.47. The van der Waals surface area contributed by atoms with Gasteiger partial charge in [-0.1, -0.05) is 0 Å². The van der Waals surface area contributed by atoms with Gasteiger partial charge in [-0.05, 0) is 19.3 Å². The van der Waals surface area contributed by atoms with Gasteiger partial charge in [0.25, 0.3) is 0 Å². The van der Waals surface area contributed by atoms with Gasteiger partial charge in [0.1, 0.15) is 0 Å². The average Bonchev–Trinajstić information content (AvgIpc) is 2.05. The van der Waals surface area contributed by atoms with E-state index in [1.54, 1.807) is 0 Å². The van der Waals surface area contributed by atoms with E-state index in [9.17, 15) is 9.90 Å². The lowest BCUT2D eigenvalue weighted by Crippen LogP contribution is -2.33. The zero-order valence-corrected chi connectivity index (χ0v) is 6.90. The predicted molar refractivity (Wildman–Crippen MR) is 41.9 cm³/mol. The second-order valence-electron chi connectivity index (χ2n) is 3.07. The van der Waals surface area contributed by atoms with E-state index in [-0.39, 0.29) is 12.5 Å². The zero-order chi connectivity index (χ0) is 8.97. The Bertz CT molecular complexity index is 151. The van der Waals surface area contributed by atoms with Gasteiger partial charge < -0.3 is 14.9 Å². The summed E-state index contributed by atoms with van der Waals surface area (Å²) >= 11 is 0. The van der Waals surface area contributed by atoms with Gasteiger partial charge in [-0.25, -0.2) is 0 Å². The lowest BCUT2D eigenvalue weighted by molar-refractivity contribution is -0.143. The predicted octanol–water partition coefficient (Wildman–Crippen LogP) is 0.391. The maximum absolute atomic E-state index is 10.2. The first-order chi connectivity index (χ1) is 5.70. The maximum atomic E-state index is 10.2. The Morgan fingerprint density at radius 1 is 1.58 bits per heavy atom. The lowest BCUT2D eigenvalue weighted by atomic mass is 10.0. The quantitative estimate of drug-likeness (QED) is 0.649. The van der Waals surface area contributed by atoms with Crippen LogP contribution in [0.1, 0.15) is 25.7 Å². The van der Waals surface area contributed by atoms with Crippen LogP contribution in [0.5, 0.6) is 0 Å². The van der Waals surface area contributed by atoms with Crippen molar-refractivity contribution in [2.24, 2.45) is 0 Å². The molecule has 1 saturated heterocycles. The SMILES string of the molecule is O=C(O)CC(O)C1CCCCO1. The summed E-state index contributed by atoms with van der Waals surface area (Å²) in [7, 11) is 0. The molecule has 0 aromatic carbocycles. The number of aliphatic carboxylic acids is 1. The largest absolute Gasteiger partial charge is 0.481 e. The minimum Gasteiger partial charge on any atom is -0.481 e. The molecular formula is C8H14O4. The number of carboxylic acids is 1. The molecule has 0 aliphatic carbocycles. The van der Waals surface area contributed by atoms with Gasteiger partial charge in [0.15, 0.2) is 0 Å². The third-order valence-electron chi connectivity index (χ3n) is 2.03. The molecule has 1 heterocycles. The molecule has 0 aromatic rings. The second-order valence-corrected chi connectivity index (χ2v) is 3.07. The van der Waals surface area contributed by atoms with Crippen LogP contribution in [0.3, 0.4) is 0 Å². The van der Waals surface area contributed by atoms with Crippen molar-refractivity contribution < 1.29 is 19.7 Å². The molecule has 2 N–H and O–H groups in total. The first-order valence-electron chi connectivity index (χ1n) is 4.21. The van der Waals surface area contributed by atoms with Crippen LogP contribution in [0, 0.1) is 0 Å². The van der Waals surface area contributed by atoms with Gasteiger partial charge in [0.05, 0.1) is 18.6 Å². The van der Waals surface area contributed by atoms with E-state index in [1.807, 2.05) is 0 Å². The highest BCUT2D eigenvalue weighted by atomic mass is 16.5. The van der Waals surface area contributed by atoms with Crippen molar-refractivity contribution in [3.8, 4) is 0 Å². The number of carbonyl (C=O) groups is 1. The zero-order valence-electron chi connectivity index (χ0n) is 6.90. The summed E-state index contributed by atoms with van der Waals surface area (Å²) in [5, 5.41) is 17.7.